The Labute approximate surface area is 147 Å². The maximum atomic E-state index is 6.31. The van der Waals surface area contributed by atoms with Crippen molar-refractivity contribution >= 4 is 33.2 Å². The second-order valence-corrected chi connectivity index (χ2v) is 10.7. The minimum absolute atomic E-state index is 0.325. The maximum absolute atomic E-state index is 6.31. The summed E-state index contributed by atoms with van der Waals surface area (Å²) in [6.07, 6.45) is 12.3. The van der Waals surface area contributed by atoms with Crippen molar-refractivity contribution in [3.05, 3.63) is 0 Å². The van der Waals surface area contributed by atoms with Crippen molar-refractivity contribution in [3.8, 4) is 0 Å². The predicted molar refractivity (Wildman–Crippen MR) is 106 cm³/mol. The van der Waals surface area contributed by atoms with Crippen LogP contribution in [-0.4, -0.2) is 15.9 Å². The molecule has 0 radical (unpaired) electrons. The van der Waals surface area contributed by atoms with Crippen LogP contribution >= 0.6 is 33.2 Å². The maximum Gasteiger partial charge on any atom is 0.0353 e. The van der Waals surface area contributed by atoms with Crippen LogP contribution in [-0.2, 0) is 0 Å². The lowest BCUT2D eigenvalue weighted by Crippen LogP contribution is -2.20. The molecule has 0 saturated heterocycles. The Morgan fingerprint density at radius 2 is 1.38 bits per heavy atom. The fourth-order valence-corrected chi connectivity index (χ4v) is 5.91. The molecule has 0 spiro atoms. The van der Waals surface area contributed by atoms with Crippen molar-refractivity contribution in [2.75, 3.05) is 5.88 Å². The van der Waals surface area contributed by atoms with Crippen LogP contribution in [0.4, 0.5) is 0 Å². The topological polar surface area (TPSA) is 0 Å². The van der Waals surface area contributed by atoms with E-state index in [1.807, 2.05) is 21.6 Å². The molecule has 0 amide bonds. The lowest BCUT2D eigenvalue weighted by molar-refractivity contribution is 0.408. The van der Waals surface area contributed by atoms with Gasteiger partial charge in [0, 0.05) is 15.9 Å². The van der Waals surface area contributed by atoms with Crippen molar-refractivity contribution in [2.45, 2.75) is 102 Å². The number of hydrogen-bond acceptors (Lipinski definition) is 2. The molecule has 0 heterocycles. The summed E-state index contributed by atoms with van der Waals surface area (Å²) in [5, 5.41) is 0.620. The summed E-state index contributed by atoms with van der Waals surface area (Å²) < 4.78 is 0.325. The zero-order chi connectivity index (χ0) is 16.1. The van der Waals surface area contributed by atoms with Crippen LogP contribution in [0.5, 0.6) is 0 Å². The summed E-state index contributed by atoms with van der Waals surface area (Å²) in [7, 11) is 4.05. The van der Waals surface area contributed by atoms with E-state index in [-0.39, 0.29) is 0 Å². The van der Waals surface area contributed by atoms with Crippen molar-refractivity contribution in [3.63, 3.8) is 0 Å². The van der Waals surface area contributed by atoms with Crippen LogP contribution in [0.25, 0.3) is 0 Å². The second-order valence-electron chi connectivity index (χ2n) is 7.09. The highest BCUT2D eigenvalue weighted by Crippen LogP contribution is 2.42. The number of hydrogen-bond donors (Lipinski definition) is 0. The van der Waals surface area contributed by atoms with E-state index in [1.165, 1.54) is 57.8 Å². The van der Waals surface area contributed by atoms with E-state index in [0.29, 0.717) is 10.00 Å². The quantitative estimate of drug-likeness (QED) is 0.187. The molecule has 0 aromatic heterocycles. The lowest BCUT2D eigenvalue weighted by Gasteiger charge is -2.27. The molecule has 0 fully saturated rings. The average Bonchev–Trinajstić information content (AvgIpc) is 2.42. The van der Waals surface area contributed by atoms with Gasteiger partial charge in [-0.25, -0.2) is 0 Å². The predicted octanol–water partition coefficient (Wildman–Crippen LogP) is 7.94. The smallest absolute Gasteiger partial charge is 0.0353 e. The summed E-state index contributed by atoms with van der Waals surface area (Å²) in [4.78, 5) is 0. The zero-order valence-corrected chi connectivity index (χ0v) is 17.3. The second kappa shape index (κ2) is 13.4. The highest BCUT2D eigenvalue weighted by molar-refractivity contribution is 8.77. The molecule has 0 aliphatic rings. The molecule has 0 aliphatic heterocycles. The van der Waals surface area contributed by atoms with Crippen molar-refractivity contribution in [2.24, 2.45) is 5.92 Å². The summed E-state index contributed by atoms with van der Waals surface area (Å²) >= 11 is 6.31. The van der Waals surface area contributed by atoms with E-state index in [4.69, 9.17) is 11.6 Å². The van der Waals surface area contributed by atoms with E-state index in [1.54, 1.807) is 0 Å². The Balaban J connectivity index is 4.33. The van der Waals surface area contributed by atoms with E-state index >= 15 is 0 Å². The minimum Gasteiger partial charge on any atom is -0.125 e. The molecular weight excluding hydrogens is 316 g/mol. The van der Waals surface area contributed by atoms with Gasteiger partial charge in [-0.3, -0.25) is 0 Å². The summed E-state index contributed by atoms with van der Waals surface area (Å²) in [6, 6.07) is 0. The number of rotatable bonds is 13. The SMILES string of the molecule is CCCCCCC(CCCCC)[C@@H](CCl)SSC(C)(C)C. The van der Waals surface area contributed by atoms with Gasteiger partial charge in [-0.1, -0.05) is 101 Å². The summed E-state index contributed by atoms with van der Waals surface area (Å²) in [6.45, 7) is 11.5. The minimum atomic E-state index is 0.325. The fourth-order valence-electron chi connectivity index (χ4n) is 2.44. The third kappa shape index (κ3) is 13.2. The van der Waals surface area contributed by atoms with Gasteiger partial charge in [-0.2, -0.15) is 0 Å². The first-order valence-electron chi connectivity index (χ1n) is 8.85. The number of unbranched alkanes of at least 4 members (excludes halogenated alkanes) is 5. The van der Waals surface area contributed by atoms with Gasteiger partial charge in [0.2, 0.25) is 0 Å². The highest BCUT2D eigenvalue weighted by atomic mass is 35.5. The van der Waals surface area contributed by atoms with E-state index in [9.17, 15) is 0 Å². The molecule has 0 N–H and O–H groups in total. The molecule has 3 heteroatoms. The lowest BCUT2D eigenvalue weighted by atomic mass is 9.92. The molecule has 0 aromatic rings. The van der Waals surface area contributed by atoms with Gasteiger partial charge in [0.05, 0.1) is 0 Å². The zero-order valence-electron chi connectivity index (χ0n) is 14.9. The molecule has 1 unspecified atom stereocenters. The van der Waals surface area contributed by atoms with E-state index < -0.39 is 0 Å². The molecule has 0 aromatic carbocycles. The summed E-state index contributed by atoms with van der Waals surface area (Å²) in [5.41, 5.74) is 0. The highest BCUT2D eigenvalue weighted by Gasteiger charge is 2.23. The largest absolute Gasteiger partial charge is 0.125 e. The molecule has 0 bridgehead atoms. The molecule has 0 aliphatic carbocycles. The Kier molecular flexibility index (Phi) is 14.1. The average molecular weight is 353 g/mol. The van der Waals surface area contributed by atoms with Crippen LogP contribution in [0.1, 0.15) is 92.4 Å². The Morgan fingerprint density at radius 3 is 1.86 bits per heavy atom. The van der Waals surface area contributed by atoms with Gasteiger partial charge >= 0.3 is 0 Å². The van der Waals surface area contributed by atoms with Crippen LogP contribution in [0.3, 0.4) is 0 Å². The molecule has 0 rings (SSSR count). The first-order valence-corrected chi connectivity index (χ1v) is 11.6. The normalized spacial score (nSPS) is 15.1. The molecule has 0 nitrogen and oxygen atoms in total. The fraction of sp³-hybridized carbons (Fsp3) is 1.00. The third-order valence-corrected chi connectivity index (χ3v) is 8.15. The Bertz CT molecular complexity index is 226. The molecular formula is C18H37ClS2. The molecule has 2 atom stereocenters. The van der Waals surface area contributed by atoms with Gasteiger partial charge in [0.15, 0.2) is 0 Å². The van der Waals surface area contributed by atoms with E-state index in [0.717, 1.165) is 11.8 Å². The van der Waals surface area contributed by atoms with Crippen LogP contribution in [0.15, 0.2) is 0 Å². The van der Waals surface area contributed by atoms with Gasteiger partial charge in [-0.15, -0.1) is 11.6 Å². The Morgan fingerprint density at radius 1 is 0.857 bits per heavy atom. The number of alkyl halides is 1. The van der Waals surface area contributed by atoms with Crippen molar-refractivity contribution in [1.82, 2.24) is 0 Å². The van der Waals surface area contributed by atoms with Crippen LogP contribution < -0.4 is 0 Å². The van der Waals surface area contributed by atoms with Crippen molar-refractivity contribution < 1.29 is 0 Å². The molecule has 128 valence electrons. The summed E-state index contributed by atoms with van der Waals surface area (Å²) in [5.74, 6) is 1.61. The van der Waals surface area contributed by atoms with Crippen molar-refractivity contribution in [1.29, 1.82) is 0 Å². The van der Waals surface area contributed by atoms with Gasteiger partial charge < -0.3 is 0 Å². The first-order chi connectivity index (χ1) is 9.94. The standard InChI is InChI=1S/C18H37ClS2/c1-6-8-10-12-14-16(13-11-9-7-2)17(15-19)20-21-18(3,4)5/h16-17H,6-15H2,1-5H3/t16?,17-/m1/s1. The third-order valence-electron chi connectivity index (χ3n) is 3.71. The van der Waals surface area contributed by atoms with Crippen LogP contribution in [0, 0.1) is 5.92 Å². The monoisotopic (exact) mass is 352 g/mol. The van der Waals surface area contributed by atoms with Gasteiger partial charge in [-0.05, 0) is 18.8 Å². The Hall–Kier alpha value is 0.990. The van der Waals surface area contributed by atoms with Gasteiger partial charge in [0.25, 0.3) is 0 Å². The molecule has 0 saturated carbocycles. The first kappa shape index (κ1) is 22.0. The molecule has 21 heavy (non-hydrogen) atoms. The van der Waals surface area contributed by atoms with Crippen LogP contribution in [0.2, 0.25) is 0 Å². The van der Waals surface area contributed by atoms with Gasteiger partial charge in [0.1, 0.15) is 0 Å². The number of halogens is 1. The van der Waals surface area contributed by atoms with E-state index in [2.05, 4.69) is 34.6 Å².